The van der Waals surface area contributed by atoms with Gasteiger partial charge in [-0.05, 0) is 26.0 Å². The third kappa shape index (κ3) is 1.25. The van der Waals surface area contributed by atoms with Gasteiger partial charge in [-0.2, -0.15) is 0 Å². The van der Waals surface area contributed by atoms with E-state index in [0.29, 0.717) is 17.9 Å². The molecule has 0 aliphatic carbocycles. The Morgan fingerprint density at radius 2 is 2.14 bits per heavy atom. The summed E-state index contributed by atoms with van der Waals surface area (Å²) in [6, 6.07) is 7.35. The second-order valence-electron chi connectivity index (χ2n) is 3.30. The van der Waals surface area contributed by atoms with Gasteiger partial charge in [0.25, 0.3) is 5.91 Å². The minimum absolute atomic E-state index is 0.0573. The van der Waals surface area contributed by atoms with Crippen molar-refractivity contribution in [3.8, 4) is 5.75 Å². The van der Waals surface area contributed by atoms with Gasteiger partial charge in [-0.25, -0.2) is 0 Å². The number of ether oxygens (including phenoxy) is 1. The van der Waals surface area contributed by atoms with Crippen LogP contribution in [0, 0.1) is 0 Å². The van der Waals surface area contributed by atoms with E-state index in [-0.39, 0.29) is 12.1 Å². The van der Waals surface area contributed by atoms with Gasteiger partial charge < -0.3 is 9.64 Å². The molecule has 1 aromatic rings. The number of nitrogens with zero attached hydrogens (tertiary/aromatic N) is 1. The third-order valence-corrected chi connectivity index (χ3v) is 2.46. The average Bonchev–Trinajstić information content (AvgIpc) is 2.18. The van der Waals surface area contributed by atoms with Crippen molar-refractivity contribution < 1.29 is 9.53 Å². The summed E-state index contributed by atoms with van der Waals surface area (Å²) in [5.41, 5.74) is 0.660. The van der Waals surface area contributed by atoms with Gasteiger partial charge in [0.2, 0.25) is 0 Å². The lowest BCUT2D eigenvalue weighted by atomic mass is 10.1. The fraction of sp³-hybridized carbons (Fsp3) is 0.364. The Labute approximate surface area is 83.3 Å². The quantitative estimate of drug-likeness (QED) is 0.678. The van der Waals surface area contributed by atoms with Crippen LogP contribution in [0.4, 0.5) is 0 Å². The van der Waals surface area contributed by atoms with Crippen LogP contribution in [0.5, 0.6) is 5.75 Å². The highest BCUT2D eigenvalue weighted by molar-refractivity contribution is 5.97. The van der Waals surface area contributed by atoms with Crippen LogP contribution in [0.3, 0.4) is 0 Å². The Morgan fingerprint density at radius 1 is 1.43 bits per heavy atom. The molecule has 1 aromatic carbocycles. The maximum Gasteiger partial charge on any atom is 0.260 e. The van der Waals surface area contributed by atoms with Crippen LogP contribution in [0.25, 0.3) is 0 Å². The first-order valence-electron chi connectivity index (χ1n) is 4.80. The van der Waals surface area contributed by atoms with Gasteiger partial charge in [0.15, 0.2) is 6.23 Å². The van der Waals surface area contributed by atoms with E-state index in [1.165, 1.54) is 0 Å². The summed E-state index contributed by atoms with van der Waals surface area (Å²) in [5, 5.41) is 0. The summed E-state index contributed by atoms with van der Waals surface area (Å²) < 4.78 is 5.61. The highest BCUT2D eigenvalue weighted by Crippen LogP contribution is 2.26. The molecular formula is C11H13NO2. The van der Waals surface area contributed by atoms with Crippen LogP contribution in [-0.2, 0) is 0 Å². The predicted molar refractivity (Wildman–Crippen MR) is 53.2 cm³/mol. The van der Waals surface area contributed by atoms with E-state index in [1.54, 1.807) is 11.0 Å². The highest BCUT2D eigenvalue weighted by atomic mass is 16.5. The summed E-state index contributed by atoms with van der Waals surface area (Å²) in [6.45, 7) is 4.51. The fourth-order valence-electron chi connectivity index (χ4n) is 1.71. The zero-order chi connectivity index (χ0) is 10.1. The Kier molecular flexibility index (Phi) is 2.15. The molecule has 3 nitrogen and oxygen atoms in total. The number of amides is 1. The third-order valence-electron chi connectivity index (χ3n) is 2.46. The second kappa shape index (κ2) is 3.33. The molecule has 0 bridgehead atoms. The molecule has 2 rings (SSSR count). The molecule has 0 fully saturated rings. The molecule has 1 unspecified atom stereocenters. The number of carbonyl (C=O) groups is 1. The Morgan fingerprint density at radius 3 is 2.86 bits per heavy atom. The number of hydrogen-bond donors (Lipinski definition) is 0. The summed E-state index contributed by atoms with van der Waals surface area (Å²) in [4.78, 5) is 13.6. The summed E-state index contributed by atoms with van der Waals surface area (Å²) in [7, 11) is 0. The maximum absolute atomic E-state index is 11.9. The standard InChI is InChI=1S/C11H13NO2/c1-3-12-8(2)14-10-7-5-4-6-9(10)11(12)13/h4-8H,3H2,1-2H3. The minimum atomic E-state index is -0.164. The topological polar surface area (TPSA) is 29.5 Å². The van der Waals surface area contributed by atoms with Crippen LogP contribution < -0.4 is 4.74 Å². The maximum atomic E-state index is 11.9. The molecule has 1 amide bonds. The second-order valence-corrected chi connectivity index (χ2v) is 3.30. The largest absolute Gasteiger partial charge is 0.470 e. The molecule has 0 N–H and O–H groups in total. The lowest BCUT2D eigenvalue weighted by molar-refractivity contribution is 0.0206. The Hall–Kier alpha value is -1.51. The first-order valence-corrected chi connectivity index (χ1v) is 4.80. The van der Waals surface area contributed by atoms with Crippen LogP contribution in [0.2, 0.25) is 0 Å². The molecule has 1 atom stereocenters. The van der Waals surface area contributed by atoms with Crippen molar-refractivity contribution in [2.24, 2.45) is 0 Å². The van der Waals surface area contributed by atoms with Crippen molar-refractivity contribution in [3.05, 3.63) is 29.8 Å². The fourth-order valence-corrected chi connectivity index (χ4v) is 1.71. The lowest BCUT2D eigenvalue weighted by Gasteiger charge is -2.33. The average molecular weight is 191 g/mol. The van der Waals surface area contributed by atoms with E-state index in [1.807, 2.05) is 32.0 Å². The van der Waals surface area contributed by atoms with E-state index >= 15 is 0 Å². The van der Waals surface area contributed by atoms with Crippen LogP contribution >= 0.6 is 0 Å². The van der Waals surface area contributed by atoms with Crippen molar-refractivity contribution in [3.63, 3.8) is 0 Å². The number of para-hydroxylation sites is 1. The van der Waals surface area contributed by atoms with E-state index in [2.05, 4.69) is 0 Å². The minimum Gasteiger partial charge on any atom is -0.470 e. The normalized spacial score (nSPS) is 20.3. The molecule has 3 heteroatoms. The SMILES string of the molecule is CCN1C(=O)c2ccccc2OC1C. The number of hydrogen-bond acceptors (Lipinski definition) is 2. The summed E-state index contributed by atoms with van der Waals surface area (Å²) in [6.07, 6.45) is -0.164. The Balaban J connectivity index is 2.43. The van der Waals surface area contributed by atoms with Gasteiger partial charge >= 0.3 is 0 Å². The van der Waals surface area contributed by atoms with Crippen LogP contribution in [0.1, 0.15) is 24.2 Å². The van der Waals surface area contributed by atoms with Gasteiger partial charge in [-0.3, -0.25) is 4.79 Å². The first kappa shape index (κ1) is 9.06. The first-order chi connectivity index (χ1) is 6.74. The van der Waals surface area contributed by atoms with E-state index in [0.717, 1.165) is 0 Å². The molecule has 0 saturated heterocycles. The van der Waals surface area contributed by atoms with Crippen molar-refractivity contribution in [2.75, 3.05) is 6.54 Å². The van der Waals surface area contributed by atoms with Gasteiger partial charge in [-0.15, -0.1) is 0 Å². The molecule has 0 saturated carbocycles. The van der Waals surface area contributed by atoms with Gasteiger partial charge in [-0.1, -0.05) is 12.1 Å². The molecular weight excluding hydrogens is 178 g/mol. The Bertz CT molecular complexity index is 362. The predicted octanol–water partition coefficient (Wildman–Crippen LogP) is 1.89. The van der Waals surface area contributed by atoms with E-state index in [9.17, 15) is 4.79 Å². The molecule has 1 aliphatic heterocycles. The van der Waals surface area contributed by atoms with Crippen molar-refractivity contribution in [2.45, 2.75) is 20.1 Å². The molecule has 0 aromatic heterocycles. The molecule has 14 heavy (non-hydrogen) atoms. The number of carbonyl (C=O) groups excluding carboxylic acids is 1. The summed E-state index contributed by atoms with van der Waals surface area (Å²) in [5.74, 6) is 0.747. The van der Waals surface area contributed by atoms with Crippen LogP contribution in [-0.4, -0.2) is 23.6 Å². The highest BCUT2D eigenvalue weighted by Gasteiger charge is 2.29. The van der Waals surface area contributed by atoms with Gasteiger partial charge in [0.1, 0.15) is 5.75 Å². The number of fused-ring (bicyclic) bond motifs is 1. The monoisotopic (exact) mass is 191 g/mol. The van der Waals surface area contributed by atoms with Crippen molar-refractivity contribution in [1.29, 1.82) is 0 Å². The van der Waals surface area contributed by atoms with Gasteiger partial charge in [0, 0.05) is 6.54 Å². The zero-order valence-electron chi connectivity index (χ0n) is 8.36. The van der Waals surface area contributed by atoms with Crippen molar-refractivity contribution >= 4 is 5.91 Å². The smallest absolute Gasteiger partial charge is 0.260 e. The van der Waals surface area contributed by atoms with E-state index in [4.69, 9.17) is 4.74 Å². The lowest BCUT2D eigenvalue weighted by Crippen LogP contribution is -2.45. The molecule has 1 heterocycles. The van der Waals surface area contributed by atoms with Crippen LogP contribution in [0.15, 0.2) is 24.3 Å². The number of rotatable bonds is 1. The number of benzene rings is 1. The molecule has 1 aliphatic rings. The molecule has 0 radical (unpaired) electrons. The zero-order valence-corrected chi connectivity index (χ0v) is 8.36. The molecule has 74 valence electrons. The van der Waals surface area contributed by atoms with Crippen molar-refractivity contribution in [1.82, 2.24) is 4.90 Å². The molecule has 0 spiro atoms. The summed E-state index contributed by atoms with van der Waals surface area (Å²) >= 11 is 0. The van der Waals surface area contributed by atoms with Gasteiger partial charge in [0.05, 0.1) is 5.56 Å². The van der Waals surface area contributed by atoms with E-state index < -0.39 is 0 Å².